The van der Waals surface area contributed by atoms with Crippen LogP contribution in [0.15, 0.2) is 24.3 Å². The molecule has 3 aliphatic heterocycles. The number of nitrogens with zero attached hydrogens (tertiary/aromatic N) is 3. The van der Waals surface area contributed by atoms with Gasteiger partial charge in [-0.15, -0.1) is 10.2 Å². The Morgan fingerprint density at radius 2 is 1.80 bits per heavy atom. The molecule has 4 aliphatic rings. The van der Waals surface area contributed by atoms with Crippen molar-refractivity contribution in [3.63, 3.8) is 0 Å². The van der Waals surface area contributed by atoms with Gasteiger partial charge in [0, 0.05) is 37.2 Å². The lowest BCUT2D eigenvalue weighted by molar-refractivity contribution is -0.137. The molecule has 1 saturated carbocycles. The summed E-state index contributed by atoms with van der Waals surface area (Å²) in [6.07, 6.45) is 1.79. The number of hydrogen-bond acceptors (Lipinski definition) is 5. The lowest BCUT2D eigenvalue weighted by Gasteiger charge is -2.26. The molecule has 4 heterocycles. The van der Waals surface area contributed by atoms with Crippen LogP contribution >= 0.6 is 0 Å². The standard InChI is InChI=1S/C27H33F3N4O/c1-15-3-4-16(2)22(7-15)24-11-23(27(28,29)30)26(33-32-24)31-20-8-17-12-34(13-18(17)9-20)14-19-10-21-5-6-25(19)35-21/h3-4,7,11,17-21,25H,5-6,8-10,12-14H2,1-2H3,(H,31,33)/t17-,18+,19-,20?,21?,25?/m1/s1. The monoisotopic (exact) mass is 486 g/mol. The van der Waals surface area contributed by atoms with E-state index in [1.54, 1.807) is 0 Å². The van der Waals surface area contributed by atoms with Crippen molar-refractivity contribution in [3.05, 3.63) is 41.0 Å². The molecular formula is C27H33F3N4O. The van der Waals surface area contributed by atoms with Crippen LogP contribution in [0.5, 0.6) is 0 Å². The summed E-state index contributed by atoms with van der Waals surface area (Å²) in [5.74, 6) is 1.57. The van der Waals surface area contributed by atoms with Crippen LogP contribution in [0.25, 0.3) is 11.3 Å². The highest BCUT2D eigenvalue weighted by molar-refractivity contribution is 5.66. The van der Waals surface area contributed by atoms with Gasteiger partial charge in [0.25, 0.3) is 0 Å². The normalized spacial score (nSPS) is 32.4. The lowest BCUT2D eigenvalue weighted by atomic mass is 9.89. The summed E-state index contributed by atoms with van der Waals surface area (Å²) in [4.78, 5) is 2.57. The molecular weight excluding hydrogens is 453 g/mol. The van der Waals surface area contributed by atoms with E-state index in [1.165, 1.54) is 19.3 Å². The van der Waals surface area contributed by atoms with Crippen LogP contribution in [0.4, 0.5) is 19.0 Å². The van der Waals surface area contributed by atoms with Gasteiger partial charge in [0.1, 0.15) is 5.56 Å². The number of rotatable bonds is 5. The van der Waals surface area contributed by atoms with Gasteiger partial charge in [-0.3, -0.25) is 0 Å². The highest BCUT2D eigenvalue weighted by Crippen LogP contribution is 2.44. The minimum absolute atomic E-state index is 0.0000628. The van der Waals surface area contributed by atoms with E-state index in [4.69, 9.17) is 4.74 Å². The number of fused-ring (bicyclic) bond motifs is 3. The molecule has 5 nitrogen and oxygen atoms in total. The Hall–Kier alpha value is -2.19. The van der Waals surface area contributed by atoms with E-state index < -0.39 is 11.7 Å². The van der Waals surface area contributed by atoms with Crippen molar-refractivity contribution < 1.29 is 17.9 Å². The van der Waals surface area contributed by atoms with Gasteiger partial charge < -0.3 is 15.0 Å². The largest absolute Gasteiger partial charge is 0.420 e. The fraction of sp³-hybridized carbons (Fsp3) is 0.630. The second-order valence-corrected chi connectivity index (χ2v) is 11.2. The number of aryl methyl sites for hydroxylation is 2. The summed E-state index contributed by atoms with van der Waals surface area (Å²) < 4.78 is 48.1. The van der Waals surface area contributed by atoms with Crippen molar-refractivity contribution in [2.24, 2.45) is 17.8 Å². The number of alkyl halides is 3. The first kappa shape index (κ1) is 23.2. The van der Waals surface area contributed by atoms with Crippen LogP contribution in [-0.4, -0.2) is 53.0 Å². The molecule has 1 N–H and O–H groups in total. The molecule has 8 heteroatoms. The predicted molar refractivity (Wildman–Crippen MR) is 128 cm³/mol. The maximum absolute atomic E-state index is 14.0. The van der Waals surface area contributed by atoms with Gasteiger partial charge in [-0.2, -0.15) is 13.2 Å². The summed E-state index contributed by atoms with van der Waals surface area (Å²) in [7, 11) is 0. The number of hydrogen-bond donors (Lipinski definition) is 1. The fourth-order valence-corrected chi connectivity index (χ4v) is 6.98. The summed E-state index contributed by atoms with van der Waals surface area (Å²) in [5, 5.41) is 11.4. The van der Waals surface area contributed by atoms with Gasteiger partial charge >= 0.3 is 6.18 Å². The van der Waals surface area contributed by atoms with Crippen molar-refractivity contribution in [2.45, 2.75) is 70.4 Å². The first-order valence-corrected chi connectivity index (χ1v) is 12.9. The molecule has 2 bridgehead atoms. The number of halogens is 3. The van der Waals surface area contributed by atoms with E-state index >= 15 is 0 Å². The maximum atomic E-state index is 14.0. The number of nitrogens with one attached hydrogen (secondary N) is 1. The lowest BCUT2D eigenvalue weighted by Crippen LogP contribution is -2.34. The van der Waals surface area contributed by atoms with Crippen LogP contribution in [0.2, 0.25) is 0 Å². The van der Waals surface area contributed by atoms with Gasteiger partial charge in [0.2, 0.25) is 0 Å². The highest BCUT2D eigenvalue weighted by Gasteiger charge is 2.46. The Kier molecular flexibility index (Phi) is 5.79. The average Bonchev–Trinajstić information content (AvgIpc) is 3.57. The molecule has 1 aliphatic carbocycles. The van der Waals surface area contributed by atoms with E-state index in [9.17, 15) is 13.2 Å². The molecule has 188 valence electrons. The molecule has 0 amide bonds. The van der Waals surface area contributed by atoms with Gasteiger partial charge in [0.05, 0.1) is 17.9 Å². The first-order valence-electron chi connectivity index (χ1n) is 12.9. The molecule has 35 heavy (non-hydrogen) atoms. The molecule has 0 spiro atoms. The third kappa shape index (κ3) is 4.55. The molecule has 1 aromatic heterocycles. The third-order valence-electron chi connectivity index (χ3n) is 8.66. The fourth-order valence-electron chi connectivity index (χ4n) is 6.98. The average molecular weight is 487 g/mol. The third-order valence-corrected chi connectivity index (χ3v) is 8.66. The number of anilines is 1. The zero-order valence-electron chi connectivity index (χ0n) is 20.3. The SMILES string of the molecule is Cc1ccc(C)c(-c2cc(C(F)(F)F)c(NC3C[C@@H]4CN(C[C@H]5CC6CCC5O6)C[C@@H]4C3)nn2)c1. The first-order chi connectivity index (χ1) is 16.7. The smallest absolute Gasteiger partial charge is 0.375 e. The second kappa shape index (κ2) is 8.73. The number of likely N-dealkylation sites (tertiary alicyclic amines) is 1. The number of benzene rings is 1. The van der Waals surface area contributed by atoms with Crippen LogP contribution in [0.3, 0.4) is 0 Å². The van der Waals surface area contributed by atoms with Crippen LogP contribution in [-0.2, 0) is 10.9 Å². The summed E-state index contributed by atoms with van der Waals surface area (Å²) in [6, 6.07) is 6.85. The quantitative estimate of drug-likeness (QED) is 0.608. The molecule has 1 aromatic carbocycles. The Balaban J connectivity index is 1.13. The van der Waals surface area contributed by atoms with Gasteiger partial charge in [-0.25, -0.2) is 0 Å². The maximum Gasteiger partial charge on any atom is 0.420 e. The summed E-state index contributed by atoms with van der Waals surface area (Å²) >= 11 is 0. The van der Waals surface area contributed by atoms with Crippen LogP contribution in [0, 0.1) is 31.6 Å². The van der Waals surface area contributed by atoms with Gasteiger partial charge in [0.15, 0.2) is 5.82 Å². The van der Waals surface area contributed by atoms with Gasteiger partial charge in [-0.05, 0) is 75.5 Å². The van der Waals surface area contributed by atoms with E-state index in [1.807, 2.05) is 32.0 Å². The zero-order valence-corrected chi connectivity index (χ0v) is 20.3. The van der Waals surface area contributed by atoms with Crippen molar-refractivity contribution >= 4 is 5.82 Å². The van der Waals surface area contributed by atoms with Crippen LogP contribution < -0.4 is 5.32 Å². The zero-order chi connectivity index (χ0) is 24.3. The second-order valence-electron chi connectivity index (χ2n) is 11.2. The van der Waals surface area contributed by atoms with Crippen molar-refractivity contribution in [1.29, 1.82) is 0 Å². The molecule has 6 rings (SSSR count). The molecule has 0 radical (unpaired) electrons. The number of ether oxygens (including phenoxy) is 1. The van der Waals surface area contributed by atoms with E-state index in [2.05, 4.69) is 20.4 Å². The Bertz CT molecular complexity index is 1090. The summed E-state index contributed by atoms with van der Waals surface area (Å²) in [6.45, 7) is 6.98. The van der Waals surface area contributed by atoms with Crippen LogP contribution in [0.1, 0.15) is 48.8 Å². The Labute approximate surface area is 204 Å². The van der Waals surface area contributed by atoms with E-state index in [-0.39, 0.29) is 17.6 Å². The van der Waals surface area contributed by atoms with Crippen molar-refractivity contribution in [1.82, 2.24) is 15.1 Å². The minimum atomic E-state index is -4.50. The van der Waals surface area contributed by atoms with Crippen molar-refractivity contribution in [2.75, 3.05) is 25.0 Å². The molecule has 6 atom stereocenters. The molecule has 4 fully saturated rings. The predicted octanol–water partition coefficient (Wildman–Crippen LogP) is 5.47. The molecule has 3 saturated heterocycles. The van der Waals surface area contributed by atoms with Gasteiger partial charge in [-0.1, -0.05) is 17.7 Å². The Morgan fingerprint density at radius 3 is 2.46 bits per heavy atom. The Morgan fingerprint density at radius 1 is 1.03 bits per heavy atom. The topological polar surface area (TPSA) is 50.3 Å². The van der Waals surface area contributed by atoms with E-state index in [0.717, 1.165) is 49.7 Å². The highest BCUT2D eigenvalue weighted by atomic mass is 19.4. The molecule has 2 aromatic rings. The van der Waals surface area contributed by atoms with Crippen molar-refractivity contribution in [3.8, 4) is 11.3 Å². The molecule has 3 unspecified atom stereocenters. The van der Waals surface area contributed by atoms with E-state index in [0.29, 0.717) is 35.5 Å². The number of aromatic nitrogens is 2. The summed E-state index contributed by atoms with van der Waals surface area (Å²) in [5.41, 5.74) is 2.06. The minimum Gasteiger partial charge on any atom is -0.375 e.